The maximum absolute atomic E-state index is 14.0. The Morgan fingerprint density at radius 3 is 2.74 bits per heavy atom. The SMILES string of the molecule is O=C(Nc1ccc2c(c1)CCC2)c1cc2n(n1)C(C(F)(F)F)CC(c1ccc3c(c1)OCO3)N2. The summed E-state index contributed by atoms with van der Waals surface area (Å²) >= 11 is 0. The Balaban J connectivity index is 1.28. The zero-order chi connectivity index (χ0) is 23.4. The Morgan fingerprint density at radius 1 is 1.06 bits per heavy atom. The number of anilines is 2. The first kappa shape index (κ1) is 20.9. The van der Waals surface area contributed by atoms with E-state index >= 15 is 0 Å². The van der Waals surface area contributed by atoms with E-state index in [2.05, 4.69) is 15.7 Å². The van der Waals surface area contributed by atoms with Crippen LogP contribution in [-0.4, -0.2) is 28.7 Å². The van der Waals surface area contributed by atoms with Gasteiger partial charge in [0, 0.05) is 18.2 Å². The van der Waals surface area contributed by atoms with Gasteiger partial charge < -0.3 is 20.1 Å². The molecule has 7 nitrogen and oxygen atoms in total. The number of aryl methyl sites for hydroxylation is 2. The lowest BCUT2D eigenvalue weighted by molar-refractivity contribution is -0.173. The molecular weight excluding hydrogens is 449 g/mol. The van der Waals surface area contributed by atoms with Gasteiger partial charge in [-0.25, -0.2) is 4.68 Å². The summed E-state index contributed by atoms with van der Waals surface area (Å²) < 4.78 is 53.5. The number of benzene rings is 2. The number of aromatic nitrogens is 2. The van der Waals surface area contributed by atoms with Gasteiger partial charge in [0.05, 0.1) is 6.04 Å². The Labute approximate surface area is 192 Å². The van der Waals surface area contributed by atoms with Crippen molar-refractivity contribution in [2.75, 3.05) is 17.4 Å². The summed E-state index contributed by atoms with van der Waals surface area (Å²) in [5.74, 6) is 0.636. The Morgan fingerprint density at radius 2 is 1.88 bits per heavy atom. The van der Waals surface area contributed by atoms with E-state index in [0.29, 0.717) is 22.7 Å². The summed E-state index contributed by atoms with van der Waals surface area (Å²) in [7, 11) is 0. The number of carbonyl (C=O) groups is 1. The molecule has 6 rings (SSSR count). The Bertz CT molecular complexity index is 1290. The predicted octanol–water partition coefficient (Wildman–Crippen LogP) is 5.01. The van der Waals surface area contributed by atoms with Crippen LogP contribution in [0.5, 0.6) is 11.5 Å². The van der Waals surface area contributed by atoms with E-state index in [1.165, 1.54) is 17.2 Å². The fourth-order valence-electron chi connectivity index (χ4n) is 4.88. The molecular formula is C24H21F3N4O3. The van der Waals surface area contributed by atoms with Crippen LogP contribution in [0.4, 0.5) is 24.7 Å². The molecule has 0 spiro atoms. The number of fused-ring (bicyclic) bond motifs is 3. The zero-order valence-electron chi connectivity index (χ0n) is 18.0. The molecule has 2 aromatic carbocycles. The monoisotopic (exact) mass is 470 g/mol. The number of ether oxygens (including phenoxy) is 2. The Hall–Kier alpha value is -3.69. The summed E-state index contributed by atoms with van der Waals surface area (Å²) in [5.41, 5.74) is 3.61. The van der Waals surface area contributed by atoms with Crippen LogP contribution in [0, 0.1) is 0 Å². The van der Waals surface area contributed by atoms with Crippen LogP contribution in [0.15, 0.2) is 42.5 Å². The molecule has 0 saturated carbocycles. The van der Waals surface area contributed by atoms with E-state index in [1.807, 2.05) is 18.2 Å². The number of rotatable bonds is 3. The molecule has 0 bridgehead atoms. The minimum atomic E-state index is -4.54. The van der Waals surface area contributed by atoms with Crippen LogP contribution in [0.25, 0.3) is 0 Å². The third-order valence-corrected chi connectivity index (χ3v) is 6.58. The molecule has 3 aromatic rings. The normalized spacial score (nSPS) is 20.4. The largest absolute Gasteiger partial charge is 0.454 e. The van der Waals surface area contributed by atoms with Crippen molar-refractivity contribution >= 4 is 17.4 Å². The van der Waals surface area contributed by atoms with E-state index in [9.17, 15) is 18.0 Å². The summed E-state index contributed by atoms with van der Waals surface area (Å²) in [6, 6.07) is 9.64. The van der Waals surface area contributed by atoms with Crippen LogP contribution in [0.1, 0.15) is 52.1 Å². The van der Waals surface area contributed by atoms with Crippen LogP contribution in [-0.2, 0) is 12.8 Å². The van der Waals surface area contributed by atoms with Crippen molar-refractivity contribution < 1.29 is 27.4 Å². The first-order valence-corrected chi connectivity index (χ1v) is 11.1. The maximum atomic E-state index is 14.0. The van der Waals surface area contributed by atoms with Gasteiger partial charge in [-0.1, -0.05) is 12.1 Å². The second-order valence-corrected chi connectivity index (χ2v) is 8.75. The van der Waals surface area contributed by atoms with Gasteiger partial charge in [0.1, 0.15) is 5.82 Å². The highest BCUT2D eigenvalue weighted by Gasteiger charge is 2.47. The molecule has 3 heterocycles. The van der Waals surface area contributed by atoms with E-state index in [0.717, 1.165) is 23.9 Å². The van der Waals surface area contributed by atoms with E-state index in [4.69, 9.17) is 9.47 Å². The number of nitrogens with zero attached hydrogens (tertiary/aromatic N) is 2. The van der Waals surface area contributed by atoms with Crippen molar-refractivity contribution in [1.82, 2.24) is 9.78 Å². The molecule has 1 aromatic heterocycles. The quantitative estimate of drug-likeness (QED) is 0.563. The third kappa shape index (κ3) is 3.63. The lowest BCUT2D eigenvalue weighted by Gasteiger charge is -2.33. The van der Waals surface area contributed by atoms with Crippen molar-refractivity contribution in [2.45, 2.75) is 43.9 Å². The first-order chi connectivity index (χ1) is 16.3. The topological polar surface area (TPSA) is 77.4 Å². The van der Waals surface area contributed by atoms with E-state index < -0.39 is 24.2 Å². The highest BCUT2D eigenvalue weighted by molar-refractivity contribution is 6.03. The van der Waals surface area contributed by atoms with Gasteiger partial charge in [-0.05, 0) is 60.2 Å². The summed E-state index contributed by atoms with van der Waals surface area (Å²) in [6.07, 6.45) is -1.76. The predicted molar refractivity (Wildman–Crippen MR) is 117 cm³/mol. The van der Waals surface area contributed by atoms with Crippen LogP contribution in [0.2, 0.25) is 0 Å². The molecule has 1 aliphatic carbocycles. The van der Waals surface area contributed by atoms with Crippen molar-refractivity contribution in [3.63, 3.8) is 0 Å². The number of carbonyl (C=O) groups excluding carboxylic acids is 1. The average Bonchev–Trinajstić information content (AvgIpc) is 3.55. The van der Waals surface area contributed by atoms with Gasteiger partial charge in [-0.15, -0.1) is 0 Å². The van der Waals surface area contributed by atoms with Crippen LogP contribution < -0.4 is 20.1 Å². The van der Waals surface area contributed by atoms with Gasteiger partial charge in [0.2, 0.25) is 6.79 Å². The van der Waals surface area contributed by atoms with E-state index in [-0.39, 0.29) is 24.7 Å². The van der Waals surface area contributed by atoms with Crippen molar-refractivity contribution in [3.8, 4) is 11.5 Å². The molecule has 0 radical (unpaired) electrons. The van der Waals surface area contributed by atoms with Crippen LogP contribution >= 0.6 is 0 Å². The minimum Gasteiger partial charge on any atom is -0.454 e. The van der Waals surface area contributed by atoms with Gasteiger partial charge in [0.15, 0.2) is 23.2 Å². The first-order valence-electron chi connectivity index (χ1n) is 11.1. The number of alkyl halides is 3. The van der Waals surface area contributed by atoms with Crippen molar-refractivity contribution in [3.05, 3.63) is 64.8 Å². The second-order valence-electron chi connectivity index (χ2n) is 8.75. The zero-order valence-corrected chi connectivity index (χ0v) is 18.0. The molecule has 176 valence electrons. The van der Waals surface area contributed by atoms with Crippen molar-refractivity contribution in [1.29, 1.82) is 0 Å². The van der Waals surface area contributed by atoms with Crippen molar-refractivity contribution in [2.24, 2.45) is 0 Å². The molecule has 10 heteroatoms. The van der Waals surface area contributed by atoms with Gasteiger partial charge in [-0.2, -0.15) is 18.3 Å². The summed E-state index contributed by atoms with van der Waals surface area (Å²) in [4.78, 5) is 12.8. The van der Waals surface area contributed by atoms with Gasteiger partial charge >= 0.3 is 6.18 Å². The average molecular weight is 470 g/mol. The smallest absolute Gasteiger partial charge is 0.410 e. The lowest BCUT2D eigenvalue weighted by atomic mass is 9.96. The van der Waals surface area contributed by atoms with Gasteiger partial charge in [0.25, 0.3) is 5.91 Å². The molecule has 2 N–H and O–H groups in total. The molecule has 2 aliphatic heterocycles. The third-order valence-electron chi connectivity index (χ3n) is 6.58. The molecule has 1 amide bonds. The summed E-state index contributed by atoms with van der Waals surface area (Å²) in [5, 5.41) is 9.90. The number of hydrogen-bond donors (Lipinski definition) is 2. The highest BCUT2D eigenvalue weighted by Crippen LogP contribution is 2.45. The fraction of sp³-hybridized carbons (Fsp3) is 0.333. The minimum absolute atomic E-state index is 0.0800. The lowest BCUT2D eigenvalue weighted by Crippen LogP contribution is -2.35. The molecule has 2 atom stereocenters. The molecule has 34 heavy (non-hydrogen) atoms. The summed E-state index contributed by atoms with van der Waals surface area (Å²) in [6.45, 7) is 0.0809. The standard InChI is InChI=1S/C24H21F3N4O3/c25-24(26,27)21-10-17(15-5-7-19-20(9-15)34-12-33-19)29-22-11-18(30-31(21)22)23(32)28-16-6-4-13-2-1-3-14(13)8-16/h4-9,11,17,21,29H,1-3,10,12H2,(H,28,32). The number of nitrogens with one attached hydrogen (secondary N) is 2. The molecule has 0 saturated heterocycles. The fourth-order valence-corrected chi connectivity index (χ4v) is 4.88. The van der Waals surface area contributed by atoms with E-state index in [1.54, 1.807) is 18.2 Å². The maximum Gasteiger partial charge on any atom is 0.410 e. The Kier molecular flexibility index (Phi) is 4.72. The highest BCUT2D eigenvalue weighted by atomic mass is 19.4. The molecule has 3 aliphatic rings. The second kappa shape index (κ2) is 7.68. The number of amides is 1. The van der Waals surface area contributed by atoms with Gasteiger partial charge in [-0.3, -0.25) is 4.79 Å². The van der Waals surface area contributed by atoms with Crippen LogP contribution in [0.3, 0.4) is 0 Å². The molecule has 2 unspecified atom stereocenters. The number of halogens is 3. The number of hydrogen-bond acceptors (Lipinski definition) is 5. The molecule has 0 fully saturated rings.